The summed E-state index contributed by atoms with van der Waals surface area (Å²) in [5.41, 5.74) is 2.15. The molecule has 21 heavy (non-hydrogen) atoms. The van der Waals surface area contributed by atoms with Crippen molar-refractivity contribution in [2.75, 3.05) is 0 Å². The molecule has 1 unspecified atom stereocenters. The number of hydrogen-bond acceptors (Lipinski definition) is 1. The Kier molecular flexibility index (Phi) is 5.83. The van der Waals surface area contributed by atoms with Crippen LogP contribution in [0, 0.1) is 0 Å². The minimum absolute atomic E-state index is 0.0209. The smallest absolute Gasteiger partial charge is 0.220 e. The Morgan fingerprint density at radius 1 is 1.24 bits per heavy atom. The van der Waals surface area contributed by atoms with Crippen molar-refractivity contribution in [3.8, 4) is 0 Å². The van der Waals surface area contributed by atoms with Gasteiger partial charge in [-0.3, -0.25) is 4.79 Å². The molecule has 0 radical (unpaired) electrons. The van der Waals surface area contributed by atoms with Crippen LogP contribution in [0.15, 0.2) is 53.0 Å². The van der Waals surface area contributed by atoms with E-state index in [0.717, 1.165) is 15.6 Å². The van der Waals surface area contributed by atoms with Crippen molar-refractivity contribution in [2.45, 2.75) is 25.8 Å². The molecule has 0 spiro atoms. The summed E-state index contributed by atoms with van der Waals surface area (Å²) in [7, 11) is 0. The zero-order valence-electron chi connectivity index (χ0n) is 11.8. The van der Waals surface area contributed by atoms with Crippen molar-refractivity contribution in [3.63, 3.8) is 0 Å². The van der Waals surface area contributed by atoms with Gasteiger partial charge in [0, 0.05) is 15.9 Å². The molecule has 0 bridgehead atoms. The first kappa shape index (κ1) is 16.1. The largest absolute Gasteiger partial charge is 0.350 e. The van der Waals surface area contributed by atoms with Gasteiger partial charge in [-0.2, -0.15) is 0 Å². The van der Waals surface area contributed by atoms with Crippen LogP contribution in [0.1, 0.15) is 30.5 Å². The number of nitrogens with one attached hydrogen (secondary N) is 1. The Balaban J connectivity index is 1.89. The topological polar surface area (TPSA) is 29.1 Å². The van der Waals surface area contributed by atoms with Gasteiger partial charge in [-0.25, -0.2) is 0 Å². The molecule has 110 valence electrons. The first-order valence-electron chi connectivity index (χ1n) is 6.84. The summed E-state index contributed by atoms with van der Waals surface area (Å²) < 4.78 is 1.01. The van der Waals surface area contributed by atoms with Crippen molar-refractivity contribution in [1.29, 1.82) is 0 Å². The van der Waals surface area contributed by atoms with Crippen LogP contribution in [0.4, 0.5) is 0 Å². The molecule has 0 aromatic heterocycles. The predicted molar refractivity (Wildman–Crippen MR) is 90.5 cm³/mol. The normalized spacial score (nSPS) is 12.0. The van der Waals surface area contributed by atoms with E-state index in [-0.39, 0.29) is 11.9 Å². The first-order valence-corrected chi connectivity index (χ1v) is 8.01. The lowest BCUT2D eigenvalue weighted by Gasteiger charge is -2.15. The van der Waals surface area contributed by atoms with Crippen LogP contribution in [0.2, 0.25) is 5.02 Å². The number of carbonyl (C=O) groups is 1. The molecule has 2 rings (SSSR count). The summed E-state index contributed by atoms with van der Waals surface area (Å²) in [5, 5.41) is 3.72. The Morgan fingerprint density at radius 3 is 2.71 bits per heavy atom. The number of rotatable bonds is 5. The lowest BCUT2D eigenvalue weighted by molar-refractivity contribution is -0.121. The van der Waals surface area contributed by atoms with Crippen LogP contribution < -0.4 is 5.32 Å². The van der Waals surface area contributed by atoms with Crippen molar-refractivity contribution >= 4 is 33.4 Å². The van der Waals surface area contributed by atoms with E-state index in [0.29, 0.717) is 17.9 Å². The highest BCUT2D eigenvalue weighted by Crippen LogP contribution is 2.22. The molecule has 0 saturated carbocycles. The molecule has 0 saturated heterocycles. The van der Waals surface area contributed by atoms with Crippen molar-refractivity contribution < 1.29 is 4.79 Å². The summed E-state index contributed by atoms with van der Waals surface area (Å²) >= 11 is 9.44. The van der Waals surface area contributed by atoms with Gasteiger partial charge in [0.05, 0.1) is 6.04 Å². The highest BCUT2D eigenvalue weighted by Gasteiger charge is 2.11. The zero-order valence-corrected chi connectivity index (χ0v) is 14.1. The third-order valence-corrected chi connectivity index (χ3v) is 4.24. The number of hydrogen-bond donors (Lipinski definition) is 1. The molecular weight excluding hydrogens is 350 g/mol. The van der Waals surface area contributed by atoms with Crippen LogP contribution in [0.5, 0.6) is 0 Å². The maximum absolute atomic E-state index is 12.0. The summed E-state index contributed by atoms with van der Waals surface area (Å²) in [6.45, 7) is 1.98. The molecule has 2 nitrogen and oxygen atoms in total. The maximum atomic E-state index is 12.0. The van der Waals surface area contributed by atoms with Crippen LogP contribution in [0.25, 0.3) is 0 Å². The van der Waals surface area contributed by atoms with Gasteiger partial charge in [0.2, 0.25) is 5.91 Å². The number of halogens is 2. The van der Waals surface area contributed by atoms with E-state index >= 15 is 0 Å². The lowest BCUT2D eigenvalue weighted by atomic mass is 10.1. The van der Waals surface area contributed by atoms with Gasteiger partial charge in [0.15, 0.2) is 0 Å². The van der Waals surface area contributed by atoms with Crippen molar-refractivity contribution in [3.05, 3.63) is 69.2 Å². The minimum Gasteiger partial charge on any atom is -0.350 e. The summed E-state index contributed by atoms with van der Waals surface area (Å²) in [6.07, 6.45) is 1.14. The Labute approximate surface area is 138 Å². The molecule has 1 N–H and O–H groups in total. The molecule has 2 aromatic rings. The number of benzene rings is 2. The predicted octanol–water partition coefficient (Wildman–Crippen LogP) is 4.91. The Morgan fingerprint density at radius 2 is 2.00 bits per heavy atom. The highest BCUT2D eigenvalue weighted by atomic mass is 79.9. The summed E-state index contributed by atoms with van der Waals surface area (Å²) in [5.74, 6) is 0.0400. The fraction of sp³-hybridized carbons (Fsp3) is 0.235. The zero-order chi connectivity index (χ0) is 15.2. The first-order chi connectivity index (χ1) is 10.1. The maximum Gasteiger partial charge on any atom is 0.220 e. The van der Waals surface area contributed by atoms with E-state index in [9.17, 15) is 4.79 Å². The van der Waals surface area contributed by atoms with E-state index in [1.54, 1.807) is 0 Å². The quantitative estimate of drug-likeness (QED) is 0.800. The average Bonchev–Trinajstić information content (AvgIpc) is 2.45. The molecule has 0 aliphatic carbocycles. The van der Waals surface area contributed by atoms with E-state index < -0.39 is 0 Å². The molecule has 0 heterocycles. The summed E-state index contributed by atoms with van der Waals surface area (Å²) in [4.78, 5) is 12.0. The van der Waals surface area contributed by atoms with Gasteiger partial charge in [0.25, 0.3) is 0 Å². The fourth-order valence-electron chi connectivity index (χ4n) is 2.17. The van der Waals surface area contributed by atoms with Gasteiger partial charge in [-0.1, -0.05) is 57.9 Å². The lowest BCUT2D eigenvalue weighted by Crippen LogP contribution is -2.27. The molecule has 0 fully saturated rings. The summed E-state index contributed by atoms with van der Waals surface area (Å²) in [6, 6.07) is 15.5. The Hall–Kier alpha value is -1.32. The average molecular weight is 367 g/mol. The van der Waals surface area contributed by atoms with Gasteiger partial charge < -0.3 is 5.32 Å². The van der Waals surface area contributed by atoms with E-state index in [1.807, 2.05) is 55.5 Å². The SMILES string of the molecule is CC(NC(=O)CCc1cccc(Cl)c1)c1ccccc1Br. The third-order valence-electron chi connectivity index (χ3n) is 3.28. The van der Waals surface area contributed by atoms with E-state index in [4.69, 9.17) is 11.6 Å². The number of amides is 1. The van der Waals surface area contributed by atoms with Crippen molar-refractivity contribution in [2.24, 2.45) is 0 Å². The van der Waals surface area contributed by atoms with Gasteiger partial charge in [-0.15, -0.1) is 0 Å². The van der Waals surface area contributed by atoms with Crippen LogP contribution in [-0.4, -0.2) is 5.91 Å². The van der Waals surface area contributed by atoms with Gasteiger partial charge >= 0.3 is 0 Å². The Bertz CT molecular complexity index is 630. The van der Waals surface area contributed by atoms with Crippen LogP contribution in [-0.2, 0) is 11.2 Å². The molecule has 4 heteroatoms. The molecular formula is C17H17BrClNO. The molecule has 1 atom stereocenters. The second-order valence-corrected chi connectivity index (χ2v) is 6.23. The molecule has 2 aromatic carbocycles. The second-order valence-electron chi connectivity index (χ2n) is 4.94. The fourth-order valence-corrected chi connectivity index (χ4v) is 3.01. The van der Waals surface area contributed by atoms with E-state index in [1.165, 1.54) is 0 Å². The number of aryl methyl sites for hydroxylation is 1. The highest BCUT2D eigenvalue weighted by molar-refractivity contribution is 9.10. The van der Waals surface area contributed by atoms with Crippen LogP contribution >= 0.6 is 27.5 Å². The van der Waals surface area contributed by atoms with Gasteiger partial charge in [-0.05, 0) is 42.7 Å². The second kappa shape index (κ2) is 7.62. The van der Waals surface area contributed by atoms with Gasteiger partial charge in [0.1, 0.15) is 0 Å². The number of carbonyl (C=O) groups excluding carboxylic acids is 1. The molecule has 1 amide bonds. The van der Waals surface area contributed by atoms with Crippen LogP contribution in [0.3, 0.4) is 0 Å². The molecule has 0 aliphatic heterocycles. The van der Waals surface area contributed by atoms with Crippen molar-refractivity contribution in [1.82, 2.24) is 5.32 Å². The monoisotopic (exact) mass is 365 g/mol. The van der Waals surface area contributed by atoms with E-state index in [2.05, 4.69) is 21.2 Å². The minimum atomic E-state index is -0.0209. The third kappa shape index (κ3) is 4.87. The standard InChI is InChI=1S/C17H17BrClNO/c1-12(15-7-2-3-8-16(15)18)20-17(21)10-9-13-5-4-6-14(19)11-13/h2-8,11-12H,9-10H2,1H3,(H,20,21). The molecule has 0 aliphatic rings.